The third-order valence-electron chi connectivity index (χ3n) is 2.97. The van der Waals surface area contributed by atoms with Gasteiger partial charge in [-0.15, -0.1) is 0 Å². The Labute approximate surface area is 101 Å². The van der Waals surface area contributed by atoms with Gasteiger partial charge in [-0.3, -0.25) is 9.59 Å². The number of carboxylic acid groups (broad SMARTS) is 1. The lowest BCUT2D eigenvalue weighted by atomic mass is 9.82. The zero-order chi connectivity index (χ0) is 12.7. The van der Waals surface area contributed by atoms with Crippen LogP contribution in [0.5, 0.6) is 0 Å². The maximum Gasteiger partial charge on any atom is 0.307 e. The molecule has 5 heteroatoms. The summed E-state index contributed by atoms with van der Waals surface area (Å²) in [5.41, 5.74) is 0. The topological polar surface area (TPSA) is 86.6 Å². The molecule has 1 amide bonds. The van der Waals surface area contributed by atoms with Gasteiger partial charge in [0.1, 0.15) is 0 Å². The van der Waals surface area contributed by atoms with Crippen molar-refractivity contribution in [3.05, 3.63) is 12.2 Å². The molecule has 2 atom stereocenters. The van der Waals surface area contributed by atoms with Crippen molar-refractivity contribution in [1.29, 1.82) is 0 Å². The molecule has 0 fully saturated rings. The lowest BCUT2D eigenvalue weighted by Gasteiger charge is -2.24. The molecule has 0 unspecified atom stereocenters. The molecule has 1 rings (SSSR count). The first kappa shape index (κ1) is 13.7. The number of hydrogen-bond acceptors (Lipinski definition) is 3. The van der Waals surface area contributed by atoms with Gasteiger partial charge in [0.25, 0.3) is 0 Å². The van der Waals surface area contributed by atoms with Gasteiger partial charge < -0.3 is 15.5 Å². The maximum atomic E-state index is 11.8. The van der Waals surface area contributed by atoms with Gasteiger partial charge in [-0.1, -0.05) is 12.2 Å². The van der Waals surface area contributed by atoms with Crippen LogP contribution in [0.15, 0.2) is 12.2 Å². The molecule has 0 aromatic heterocycles. The summed E-state index contributed by atoms with van der Waals surface area (Å²) in [4.78, 5) is 22.8. The third-order valence-corrected chi connectivity index (χ3v) is 2.97. The van der Waals surface area contributed by atoms with Crippen molar-refractivity contribution in [1.82, 2.24) is 5.32 Å². The molecule has 0 bridgehead atoms. The number of carbonyl (C=O) groups is 2. The normalized spacial score (nSPS) is 23.4. The largest absolute Gasteiger partial charge is 0.481 e. The molecule has 0 saturated carbocycles. The SMILES string of the molecule is O=C(O)[C@H]1CC=CC[C@H]1C(=O)NCCCCO. The summed E-state index contributed by atoms with van der Waals surface area (Å²) in [6, 6.07) is 0. The van der Waals surface area contributed by atoms with Crippen LogP contribution in [0, 0.1) is 11.8 Å². The summed E-state index contributed by atoms with van der Waals surface area (Å²) in [6.07, 6.45) is 5.94. The molecule has 0 heterocycles. The van der Waals surface area contributed by atoms with Crippen molar-refractivity contribution in [3.63, 3.8) is 0 Å². The summed E-state index contributed by atoms with van der Waals surface area (Å²) < 4.78 is 0. The van der Waals surface area contributed by atoms with Crippen molar-refractivity contribution in [3.8, 4) is 0 Å². The van der Waals surface area contributed by atoms with Crippen LogP contribution in [-0.2, 0) is 9.59 Å². The fourth-order valence-corrected chi connectivity index (χ4v) is 1.96. The minimum absolute atomic E-state index is 0.111. The molecule has 1 aliphatic carbocycles. The molecule has 0 spiro atoms. The summed E-state index contributed by atoms with van der Waals surface area (Å²) in [6.45, 7) is 0.603. The first-order valence-electron chi connectivity index (χ1n) is 5.93. The van der Waals surface area contributed by atoms with Crippen molar-refractivity contribution >= 4 is 11.9 Å². The molecule has 5 nitrogen and oxygen atoms in total. The van der Waals surface area contributed by atoms with E-state index in [-0.39, 0.29) is 12.5 Å². The molecule has 17 heavy (non-hydrogen) atoms. The fraction of sp³-hybridized carbons (Fsp3) is 0.667. The Bertz CT molecular complexity index is 301. The first-order valence-corrected chi connectivity index (χ1v) is 5.93. The molecule has 3 N–H and O–H groups in total. The average Bonchev–Trinajstić information content (AvgIpc) is 2.34. The van der Waals surface area contributed by atoms with E-state index >= 15 is 0 Å². The van der Waals surface area contributed by atoms with E-state index in [1.807, 2.05) is 12.2 Å². The van der Waals surface area contributed by atoms with Crippen molar-refractivity contribution in [2.75, 3.05) is 13.2 Å². The minimum Gasteiger partial charge on any atom is -0.481 e. The van der Waals surface area contributed by atoms with Gasteiger partial charge in [-0.2, -0.15) is 0 Å². The van der Waals surface area contributed by atoms with Gasteiger partial charge in [0.05, 0.1) is 11.8 Å². The van der Waals surface area contributed by atoms with Crippen molar-refractivity contribution < 1.29 is 19.8 Å². The number of rotatable bonds is 6. The number of allylic oxidation sites excluding steroid dienone is 2. The van der Waals surface area contributed by atoms with Gasteiger partial charge in [-0.25, -0.2) is 0 Å². The standard InChI is InChI=1S/C12H19NO4/c14-8-4-3-7-13-11(15)9-5-1-2-6-10(9)12(16)17/h1-2,9-10,14H,3-8H2,(H,13,15)(H,16,17)/t9-,10+/m1/s1. The number of aliphatic carboxylic acids is 1. The summed E-state index contributed by atoms with van der Waals surface area (Å²) >= 11 is 0. The van der Waals surface area contributed by atoms with Crippen LogP contribution >= 0.6 is 0 Å². The van der Waals surface area contributed by atoms with E-state index in [4.69, 9.17) is 10.2 Å². The van der Waals surface area contributed by atoms with Crippen LogP contribution in [0.4, 0.5) is 0 Å². The molecule has 0 aliphatic heterocycles. The van der Waals surface area contributed by atoms with Crippen LogP contribution in [0.1, 0.15) is 25.7 Å². The molecule has 0 aromatic rings. The Hall–Kier alpha value is -1.36. The number of amides is 1. The smallest absolute Gasteiger partial charge is 0.307 e. The number of nitrogens with one attached hydrogen (secondary N) is 1. The molecule has 1 aliphatic rings. The van der Waals surface area contributed by atoms with Gasteiger partial charge in [0.2, 0.25) is 5.91 Å². The number of carbonyl (C=O) groups excluding carboxylic acids is 1. The van der Waals surface area contributed by atoms with E-state index in [9.17, 15) is 9.59 Å². The molecule has 96 valence electrons. The predicted molar refractivity (Wildman–Crippen MR) is 62.3 cm³/mol. The minimum atomic E-state index is -0.912. The van der Waals surface area contributed by atoms with Gasteiger partial charge in [0.15, 0.2) is 0 Å². The van der Waals surface area contributed by atoms with E-state index in [0.717, 1.165) is 0 Å². The Morgan fingerprint density at radius 3 is 2.41 bits per heavy atom. The summed E-state index contributed by atoms with van der Waals surface area (Å²) in [5.74, 6) is -2.19. The maximum absolute atomic E-state index is 11.8. The zero-order valence-electron chi connectivity index (χ0n) is 9.76. The molecule has 0 radical (unpaired) electrons. The lowest BCUT2D eigenvalue weighted by molar-refractivity contribution is -0.147. The van der Waals surface area contributed by atoms with Gasteiger partial charge >= 0.3 is 5.97 Å². The Kier molecular flexibility index (Phi) is 5.69. The number of hydrogen-bond donors (Lipinski definition) is 3. The monoisotopic (exact) mass is 241 g/mol. The average molecular weight is 241 g/mol. The molecule has 0 saturated heterocycles. The molecular weight excluding hydrogens is 222 g/mol. The lowest BCUT2D eigenvalue weighted by Crippen LogP contribution is -2.39. The van der Waals surface area contributed by atoms with Crippen molar-refractivity contribution in [2.24, 2.45) is 11.8 Å². The quantitative estimate of drug-likeness (QED) is 0.468. The molecule has 0 aromatic carbocycles. The van der Waals surface area contributed by atoms with E-state index in [1.54, 1.807) is 0 Å². The first-order chi connectivity index (χ1) is 8.16. The third kappa shape index (κ3) is 4.19. The second-order valence-electron chi connectivity index (χ2n) is 4.22. The van der Waals surface area contributed by atoms with Gasteiger partial charge in [0, 0.05) is 13.2 Å². The highest BCUT2D eigenvalue weighted by atomic mass is 16.4. The fourth-order valence-electron chi connectivity index (χ4n) is 1.96. The van der Waals surface area contributed by atoms with E-state index in [1.165, 1.54) is 0 Å². The zero-order valence-corrected chi connectivity index (χ0v) is 9.76. The van der Waals surface area contributed by atoms with Gasteiger partial charge in [-0.05, 0) is 25.7 Å². The highest BCUT2D eigenvalue weighted by Gasteiger charge is 2.33. The Balaban J connectivity index is 2.43. The number of aliphatic hydroxyl groups is 1. The van der Waals surface area contributed by atoms with E-state index in [2.05, 4.69) is 5.32 Å². The highest BCUT2D eigenvalue weighted by Crippen LogP contribution is 2.25. The van der Waals surface area contributed by atoms with Crippen LogP contribution in [0.3, 0.4) is 0 Å². The predicted octanol–water partition coefficient (Wildman–Crippen LogP) is 0.542. The number of aliphatic hydroxyl groups excluding tert-OH is 1. The van der Waals surface area contributed by atoms with E-state index < -0.39 is 17.8 Å². The second-order valence-corrected chi connectivity index (χ2v) is 4.22. The molecular formula is C12H19NO4. The number of unbranched alkanes of at least 4 members (excludes halogenated alkanes) is 1. The van der Waals surface area contributed by atoms with Crippen LogP contribution in [0.2, 0.25) is 0 Å². The van der Waals surface area contributed by atoms with Crippen molar-refractivity contribution in [2.45, 2.75) is 25.7 Å². The van der Waals surface area contributed by atoms with E-state index in [0.29, 0.717) is 32.2 Å². The Morgan fingerprint density at radius 2 is 1.82 bits per heavy atom. The summed E-state index contributed by atoms with van der Waals surface area (Å²) in [5, 5.41) is 20.3. The second kappa shape index (κ2) is 7.06. The number of carboxylic acids is 1. The summed E-state index contributed by atoms with van der Waals surface area (Å²) in [7, 11) is 0. The Morgan fingerprint density at radius 1 is 1.18 bits per heavy atom. The highest BCUT2D eigenvalue weighted by molar-refractivity contribution is 5.85. The van der Waals surface area contributed by atoms with Crippen LogP contribution < -0.4 is 5.32 Å². The van der Waals surface area contributed by atoms with Crippen LogP contribution in [0.25, 0.3) is 0 Å². The van der Waals surface area contributed by atoms with Crippen LogP contribution in [-0.4, -0.2) is 35.2 Å².